The highest BCUT2D eigenvalue weighted by atomic mass is 35.5. The fourth-order valence-corrected chi connectivity index (χ4v) is 4.67. The van der Waals surface area contributed by atoms with Crippen LogP contribution >= 0.6 is 11.6 Å². The number of hydrogen-bond donors (Lipinski definition) is 1. The summed E-state index contributed by atoms with van der Waals surface area (Å²) < 4.78 is 32.0. The molecule has 0 radical (unpaired) electrons. The molecule has 0 bridgehead atoms. The van der Waals surface area contributed by atoms with Crippen LogP contribution in [0.5, 0.6) is 5.75 Å². The zero-order chi connectivity index (χ0) is 24.9. The first-order valence-electron chi connectivity index (χ1n) is 10.9. The van der Waals surface area contributed by atoms with Crippen molar-refractivity contribution in [3.63, 3.8) is 0 Å². The van der Waals surface area contributed by atoms with Gasteiger partial charge in [-0.05, 0) is 67.8 Å². The number of sulfonamides is 1. The first-order valence-corrected chi connectivity index (χ1v) is 13.1. The Bertz CT molecular complexity index is 1270. The monoisotopic (exact) mass is 500 g/mol. The smallest absolute Gasteiger partial charge is 0.251 e. The number of aryl methyl sites for hydroxylation is 2. The van der Waals surface area contributed by atoms with E-state index in [-0.39, 0.29) is 12.5 Å². The summed E-state index contributed by atoms with van der Waals surface area (Å²) in [4.78, 5) is 12.5. The van der Waals surface area contributed by atoms with Gasteiger partial charge in [0, 0.05) is 10.6 Å². The van der Waals surface area contributed by atoms with Crippen molar-refractivity contribution in [1.29, 1.82) is 0 Å². The van der Waals surface area contributed by atoms with Crippen molar-refractivity contribution < 1.29 is 17.9 Å². The number of amides is 1. The molecule has 6 nitrogen and oxygen atoms in total. The first kappa shape index (κ1) is 25.6. The average Bonchev–Trinajstić information content (AvgIpc) is 2.78. The summed E-state index contributed by atoms with van der Waals surface area (Å²) in [6.45, 7) is 6.65. The predicted molar refractivity (Wildman–Crippen MR) is 137 cm³/mol. The first-order chi connectivity index (χ1) is 16.1. The number of rotatable bonds is 9. The molecule has 34 heavy (non-hydrogen) atoms. The Morgan fingerprint density at radius 3 is 2.38 bits per heavy atom. The molecule has 0 aromatic heterocycles. The molecule has 3 aromatic rings. The fourth-order valence-electron chi connectivity index (χ4n) is 3.56. The van der Waals surface area contributed by atoms with E-state index in [1.165, 1.54) is 9.87 Å². The van der Waals surface area contributed by atoms with Gasteiger partial charge in [0.05, 0.1) is 25.0 Å². The van der Waals surface area contributed by atoms with Crippen molar-refractivity contribution in [3.8, 4) is 5.75 Å². The maximum absolute atomic E-state index is 12.5. The second-order valence-electron chi connectivity index (χ2n) is 8.22. The Morgan fingerprint density at radius 1 is 1.03 bits per heavy atom. The van der Waals surface area contributed by atoms with E-state index in [0.29, 0.717) is 35.0 Å². The molecule has 3 rings (SSSR count). The highest BCUT2D eigenvalue weighted by Gasteiger charge is 2.20. The molecule has 0 aliphatic rings. The minimum Gasteiger partial charge on any atom is -0.491 e. The van der Waals surface area contributed by atoms with Gasteiger partial charge in [-0.1, -0.05) is 47.5 Å². The minimum absolute atomic E-state index is 0.131. The third-order valence-electron chi connectivity index (χ3n) is 5.43. The van der Waals surface area contributed by atoms with E-state index in [2.05, 4.69) is 5.32 Å². The number of halogens is 1. The van der Waals surface area contributed by atoms with Crippen LogP contribution in [0.4, 0.5) is 5.69 Å². The number of nitrogens with zero attached hydrogens (tertiary/aromatic N) is 1. The van der Waals surface area contributed by atoms with E-state index >= 15 is 0 Å². The standard InChI is InChI=1S/C26H29ClN2O4S/c1-18-8-13-25(19(2)16-18)33-15-14-28-26(30)22-11-9-21(10-12-22)17-29(34(4,31)32)24-7-5-6-23(27)20(24)3/h5-13,16H,14-15,17H2,1-4H3,(H,28,30). The zero-order valence-electron chi connectivity index (χ0n) is 19.8. The van der Waals surface area contributed by atoms with Gasteiger partial charge in [0.2, 0.25) is 10.0 Å². The van der Waals surface area contributed by atoms with Crippen molar-refractivity contribution in [2.75, 3.05) is 23.7 Å². The second kappa shape index (κ2) is 10.9. The summed E-state index contributed by atoms with van der Waals surface area (Å²) in [6, 6.07) is 18.0. The number of ether oxygens (including phenoxy) is 1. The molecule has 8 heteroatoms. The summed E-state index contributed by atoms with van der Waals surface area (Å²) in [7, 11) is -3.54. The van der Waals surface area contributed by atoms with Crippen LogP contribution in [-0.2, 0) is 16.6 Å². The number of benzene rings is 3. The van der Waals surface area contributed by atoms with E-state index in [4.69, 9.17) is 16.3 Å². The highest BCUT2D eigenvalue weighted by Crippen LogP contribution is 2.29. The van der Waals surface area contributed by atoms with Crippen LogP contribution in [0.3, 0.4) is 0 Å². The number of hydrogen-bond acceptors (Lipinski definition) is 4. The van der Waals surface area contributed by atoms with Gasteiger partial charge < -0.3 is 10.1 Å². The quantitative estimate of drug-likeness (QED) is 0.417. The summed E-state index contributed by atoms with van der Waals surface area (Å²) in [5.74, 6) is 0.580. The van der Waals surface area contributed by atoms with Gasteiger partial charge in [-0.25, -0.2) is 8.42 Å². The molecule has 1 N–H and O–H groups in total. The Balaban J connectivity index is 1.61. The van der Waals surface area contributed by atoms with Gasteiger partial charge >= 0.3 is 0 Å². The number of carbonyl (C=O) groups is 1. The molecule has 0 heterocycles. The van der Waals surface area contributed by atoms with E-state index in [0.717, 1.165) is 23.1 Å². The summed E-state index contributed by atoms with van der Waals surface area (Å²) >= 11 is 6.19. The van der Waals surface area contributed by atoms with Gasteiger partial charge in [-0.2, -0.15) is 0 Å². The molecule has 0 aliphatic carbocycles. The third kappa shape index (κ3) is 6.52. The van der Waals surface area contributed by atoms with Crippen molar-refractivity contribution in [3.05, 3.63) is 93.5 Å². The number of anilines is 1. The van der Waals surface area contributed by atoms with Gasteiger partial charge in [0.1, 0.15) is 12.4 Å². The molecule has 3 aromatic carbocycles. The molecule has 1 amide bonds. The van der Waals surface area contributed by atoms with E-state index in [1.807, 2.05) is 32.0 Å². The molecule has 0 saturated carbocycles. The Kier molecular flexibility index (Phi) is 8.23. The van der Waals surface area contributed by atoms with Crippen LogP contribution in [0, 0.1) is 20.8 Å². The molecular formula is C26H29ClN2O4S. The third-order valence-corrected chi connectivity index (χ3v) is 6.96. The largest absolute Gasteiger partial charge is 0.491 e. The van der Waals surface area contributed by atoms with Crippen molar-refractivity contribution in [1.82, 2.24) is 5.32 Å². The topological polar surface area (TPSA) is 75.7 Å². The highest BCUT2D eigenvalue weighted by molar-refractivity contribution is 7.92. The minimum atomic E-state index is -3.54. The van der Waals surface area contributed by atoms with E-state index in [9.17, 15) is 13.2 Å². The normalized spacial score (nSPS) is 11.2. The summed E-state index contributed by atoms with van der Waals surface area (Å²) in [6.07, 6.45) is 1.16. The van der Waals surface area contributed by atoms with Crippen LogP contribution in [0.25, 0.3) is 0 Å². The zero-order valence-corrected chi connectivity index (χ0v) is 21.3. The Labute approximate surface area is 206 Å². The molecule has 0 atom stereocenters. The average molecular weight is 501 g/mol. The van der Waals surface area contributed by atoms with E-state index < -0.39 is 10.0 Å². The van der Waals surface area contributed by atoms with Gasteiger partial charge in [-0.3, -0.25) is 9.10 Å². The van der Waals surface area contributed by atoms with Gasteiger partial charge in [0.15, 0.2) is 0 Å². The second-order valence-corrected chi connectivity index (χ2v) is 10.5. The Morgan fingerprint density at radius 2 is 1.74 bits per heavy atom. The lowest BCUT2D eigenvalue weighted by Crippen LogP contribution is -2.30. The van der Waals surface area contributed by atoms with Gasteiger partial charge in [0.25, 0.3) is 5.91 Å². The fraction of sp³-hybridized carbons (Fsp3) is 0.269. The van der Waals surface area contributed by atoms with Gasteiger partial charge in [-0.15, -0.1) is 0 Å². The van der Waals surface area contributed by atoms with Crippen LogP contribution in [0.2, 0.25) is 5.02 Å². The molecule has 0 saturated heterocycles. The van der Waals surface area contributed by atoms with Crippen molar-refractivity contribution in [2.24, 2.45) is 0 Å². The maximum atomic E-state index is 12.5. The molecule has 180 valence electrons. The van der Waals surface area contributed by atoms with Crippen LogP contribution < -0.4 is 14.4 Å². The lowest BCUT2D eigenvalue weighted by Gasteiger charge is -2.24. The molecular weight excluding hydrogens is 472 g/mol. The van der Waals surface area contributed by atoms with Crippen LogP contribution in [-0.4, -0.2) is 33.7 Å². The number of nitrogens with one attached hydrogen (secondary N) is 1. The molecule has 0 unspecified atom stereocenters. The SMILES string of the molecule is Cc1ccc(OCCNC(=O)c2ccc(CN(c3cccc(Cl)c3C)S(C)(=O)=O)cc2)c(C)c1. The summed E-state index contributed by atoms with van der Waals surface area (Å²) in [5, 5.41) is 3.34. The summed E-state index contributed by atoms with van der Waals surface area (Å²) in [5.41, 5.74) is 4.68. The predicted octanol–water partition coefficient (Wildman–Crippen LogP) is 5.04. The molecule has 0 aliphatic heterocycles. The maximum Gasteiger partial charge on any atom is 0.251 e. The lowest BCUT2D eigenvalue weighted by atomic mass is 10.1. The van der Waals surface area contributed by atoms with Crippen LogP contribution in [0.15, 0.2) is 60.7 Å². The molecule has 0 fully saturated rings. The van der Waals surface area contributed by atoms with Crippen LogP contribution in [0.1, 0.15) is 32.6 Å². The lowest BCUT2D eigenvalue weighted by molar-refractivity contribution is 0.0947. The molecule has 0 spiro atoms. The van der Waals surface area contributed by atoms with Crippen molar-refractivity contribution in [2.45, 2.75) is 27.3 Å². The van der Waals surface area contributed by atoms with E-state index in [1.54, 1.807) is 49.4 Å². The Hall–Kier alpha value is -3.03. The number of carbonyl (C=O) groups excluding carboxylic acids is 1. The van der Waals surface area contributed by atoms with Crippen molar-refractivity contribution >= 4 is 33.2 Å².